The van der Waals surface area contributed by atoms with Crippen molar-refractivity contribution >= 4 is 17.6 Å². The molecule has 4 N–H and O–H groups in total. The van der Waals surface area contributed by atoms with E-state index in [4.69, 9.17) is 16.7 Å². The number of hydrogen-bond donors (Lipinski definition) is 2. The normalized spacial score (nSPS) is 11.2. The van der Waals surface area contributed by atoms with E-state index in [9.17, 15) is 4.79 Å². The molecule has 0 fully saturated rings. The van der Waals surface area contributed by atoms with Crippen molar-refractivity contribution < 1.29 is 4.79 Å². The zero-order chi connectivity index (χ0) is 16.4. The van der Waals surface area contributed by atoms with Crippen LogP contribution in [0, 0.1) is 11.5 Å². The quantitative estimate of drug-likeness (QED) is 0.392. The van der Waals surface area contributed by atoms with Gasteiger partial charge in [0.25, 0.3) is 0 Å². The molecule has 8 heteroatoms. The molecule has 0 aliphatic rings. The van der Waals surface area contributed by atoms with Gasteiger partial charge in [0.15, 0.2) is 0 Å². The summed E-state index contributed by atoms with van der Waals surface area (Å²) in [7, 11) is 1.92. The summed E-state index contributed by atoms with van der Waals surface area (Å²) < 4.78 is 0. The molecule has 0 bridgehead atoms. The number of hydrogen-bond acceptors (Lipinski definition) is 5. The van der Waals surface area contributed by atoms with E-state index in [-0.39, 0.29) is 11.9 Å². The van der Waals surface area contributed by atoms with Crippen molar-refractivity contribution in [2.75, 3.05) is 31.6 Å². The molecule has 0 unspecified atom stereocenters. The summed E-state index contributed by atoms with van der Waals surface area (Å²) in [6.07, 6.45) is 6.13. The average Bonchev–Trinajstić information content (AvgIpc) is 2.50. The van der Waals surface area contributed by atoms with Gasteiger partial charge in [0.1, 0.15) is 0 Å². The summed E-state index contributed by atoms with van der Waals surface area (Å²) >= 11 is 0. The van der Waals surface area contributed by atoms with Crippen molar-refractivity contribution in [2.24, 2.45) is 16.5 Å². The van der Waals surface area contributed by atoms with Crippen LogP contribution in [-0.4, -0.2) is 48.4 Å². The molecule has 1 aromatic rings. The first-order chi connectivity index (χ1) is 10.5. The highest BCUT2D eigenvalue weighted by molar-refractivity contribution is 5.95. The van der Waals surface area contributed by atoms with E-state index in [0.29, 0.717) is 19.5 Å². The molecule has 0 atom stereocenters. The molecule has 8 nitrogen and oxygen atoms in total. The number of rotatable bonds is 8. The molecule has 1 rings (SSSR count). The van der Waals surface area contributed by atoms with Crippen molar-refractivity contribution in [3.05, 3.63) is 24.5 Å². The lowest BCUT2D eigenvalue weighted by Crippen LogP contribution is -2.39. The van der Waals surface area contributed by atoms with Crippen LogP contribution >= 0.6 is 0 Å². The number of nitrogens with zero attached hydrogens (tertiary/aromatic N) is 5. The Bertz CT molecular complexity index is 538. The van der Waals surface area contributed by atoms with Gasteiger partial charge in [0.05, 0.1) is 0 Å². The Kier molecular flexibility index (Phi) is 7.36. The summed E-state index contributed by atoms with van der Waals surface area (Å²) in [4.78, 5) is 22.1. The van der Waals surface area contributed by atoms with E-state index >= 15 is 0 Å². The van der Waals surface area contributed by atoms with E-state index in [1.165, 1.54) is 0 Å². The Morgan fingerprint density at radius 1 is 1.32 bits per heavy atom. The van der Waals surface area contributed by atoms with Gasteiger partial charge in [-0.15, -0.1) is 4.99 Å². The minimum absolute atomic E-state index is 0.147. The Hall–Kier alpha value is -2.66. The number of pyridine rings is 1. The zero-order valence-corrected chi connectivity index (χ0v) is 12.6. The summed E-state index contributed by atoms with van der Waals surface area (Å²) in [6.45, 7) is 1.99. The maximum Gasteiger partial charge on any atom is 0.218 e. The number of aromatic nitrogens is 1. The molecule has 0 aliphatic heterocycles. The third-order valence-corrected chi connectivity index (χ3v) is 3.08. The number of primary amides is 1. The molecular weight excluding hydrogens is 282 g/mol. The second-order valence-corrected chi connectivity index (χ2v) is 4.80. The van der Waals surface area contributed by atoms with Gasteiger partial charge in [0.2, 0.25) is 18.1 Å². The van der Waals surface area contributed by atoms with Gasteiger partial charge in [-0.2, -0.15) is 5.26 Å². The van der Waals surface area contributed by atoms with Crippen LogP contribution in [0.1, 0.15) is 12.8 Å². The summed E-state index contributed by atoms with van der Waals surface area (Å²) in [5.74, 6) is -0.163. The third-order valence-electron chi connectivity index (χ3n) is 3.08. The van der Waals surface area contributed by atoms with E-state index in [2.05, 4.69) is 9.98 Å². The van der Waals surface area contributed by atoms with Crippen LogP contribution in [0.25, 0.3) is 0 Å². The SMILES string of the molecule is CN(CCCN(C(N)=NC#N)c1ccncc1)CCC(N)=O. The average molecular weight is 303 g/mol. The fourth-order valence-corrected chi connectivity index (χ4v) is 1.92. The lowest BCUT2D eigenvalue weighted by atomic mass is 10.3. The van der Waals surface area contributed by atoms with E-state index < -0.39 is 0 Å². The predicted molar refractivity (Wildman–Crippen MR) is 84.7 cm³/mol. The first-order valence-electron chi connectivity index (χ1n) is 6.91. The Morgan fingerprint density at radius 3 is 2.59 bits per heavy atom. The summed E-state index contributed by atoms with van der Waals surface area (Å²) in [6, 6.07) is 3.60. The molecule has 1 aromatic heterocycles. The standard InChI is InChI=1S/C14H21N7O/c1-20(10-5-13(16)22)8-2-9-21(14(17)19-11-15)12-3-6-18-7-4-12/h3-4,6-7H,2,5,8-10H2,1H3,(H2,16,22)(H2,17,19). The van der Waals surface area contributed by atoms with Crippen LogP contribution in [0.2, 0.25) is 0 Å². The van der Waals surface area contributed by atoms with Crippen molar-refractivity contribution in [2.45, 2.75) is 12.8 Å². The molecular formula is C14H21N7O. The number of amides is 1. The minimum atomic E-state index is -0.310. The summed E-state index contributed by atoms with van der Waals surface area (Å²) in [5.41, 5.74) is 11.8. The summed E-state index contributed by atoms with van der Waals surface area (Å²) in [5, 5.41) is 8.66. The molecule has 0 aliphatic carbocycles. The molecule has 118 valence electrons. The number of nitrogens with two attached hydrogens (primary N) is 2. The number of aliphatic imine (C=N–C) groups is 1. The first kappa shape index (κ1) is 17.4. The molecule has 0 radical (unpaired) electrons. The van der Waals surface area contributed by atoms with Gasteiger partial charge in [-0.25, -0.2) is 0 Å². The zero-order valence-electron chi connectivity index (χ0n) is 12.6. The van der Waals surface area contributed by atoms with Crippen LogP contribution in [0.5, 0.6) is 0 Å². The van der Waals surface area contributed by atoms with Crippen LogP contribution in [-0.2, 0) is 4.79 Å². The largest absolute Gasteiger partial charge is 0.370 e. The Balaban J connectivity index is 2.58. The lowest BCUT2D eigenvalue weighted by molar-refractivity contribution is -0.118. The smallest absolute Gasteiger partial charge is 0.218 e. The topological polar surface area (TPSA) is 125 Å². The lowest BCUT2D eigenvalue weighted by Gasteiger charge is -2.24. The number of nitriles is 1. The molecule has 22 heavy (non-hydrogen) atoms. The molecule has 1 amide bonds. The van der Waals surface area contributed by atoms with Gasteiger partial charge in [-0.05, 0) is 32.1 Å². The van der Waals surface area contributed by atoms with Crippen molar-refractivity contribution in [1.82, 2.24) is 9.88 Å². The molecule has 0 spiro atoms. The third kappa shape index (κ3) is 6.19. The van der Waals surface area contributed by atoms with Crippen molar-refractivity contribution in [3.8, 4) is 6.19 Å². The molecule has 1 heterocycles. The number of anilines is 1. The van der Waals surface area contributed by atoms with Gasteiger partial charge in [-0.3, -0.25) is 9.78 Å². The number of carbonyl (C=O) groups excluding carboxylic acids is 1. The fraction of sp³-hybridized carbons (Fsp3) is 0.429. The van der Waals surface area contributed by atoms with Gasteiger partial charge in [-0.1, -0.05) is 0 Å². The van der Waals surface area contributed by atoms with E-state index in [0.717, 1.165) is 18.7 Å². The molecule has 0 saturated carbocycles. The molecule has 0 aromatic carbocycles. The van der Waals surface area contributed by atoms with Crippen molar-refractivity contribution in [3.63, 3.8) is 0 Å². The highest BCUT2D eigenvalue weighted by Gasteiger charge is 2.11. The van der Waals surface area contributed by atoms with Gasteiger partial charge >= 0.3 is 0 Å². The van der Waals surface area contributed by atoms with Crippen LogP contribution in [0.4, 0.5) is 5.69 Å². The van der Waals surface area contributed by atoms with E-state index in [1.54, 1.807) is 35.6 Å². The number of carbonyl (C=O) groups is 1. The Morgan fingerprint density at radius 2 is 2.00 bits per heavy atom. The van der Waals surface area contributed by atoms with Crippen LogP contribution in [0.3, 0.4) is 0 Å². The molecule has 0 saturated heterocycles. The fourth-order valence-electron chi connectivity index (χ4n) is 1.92. The highest BCUT2D eigenvalue weighted by atomic mass is 16.1. The van der Waals surface area contributed by atoms with E-state index in [1.807, 2.05) is 11.9 Å². The Labute approximate surface area is 130 Å². The monoisotopic (exact) mass is 303 g/mol. The second-order valence-electron chi connectivity index (χ2n) is 4.80. The second kappa shape index (κ2) is 9.31. The predicted octanol–water partition coefficient (Wildman–Crippen LogP) is -0.119. The van der Waals surface area contributed by atoms with Gasteiger partial charge in [0, 0.05) is 37.6 Å². The van der Waals surface area contributed by atoms with Crippen molar-refractivity contribution in [1.29, 1.82) is 5.26 Å². The number of guanidine groups is 1. The van der Waals surface area contributed by atoms with Gasteiger partial charge < -0.3 is 21.3 Å². The minimum Gasteiger partial charge on any atom is -0.370 e. The highest BCUT2D eigenvalue weighted by Crippen LogP contribution is 2.12. The first-order valence-corrected chi connectivity index (χ1v) is 6.91. The van der Waals surface area contributed by atoms with Crippen LogP contribution in [0.15, 0.2) is 29.5 Å². The van der Waals surface area contributed by atoms with Crippen LogP contribution < -0.4 is 16.4 Å². The maximum atomic E-state index is 10.8. The maximum absolute atomic E-state index is 10.8.